The van der Waals surface area contributed by atoms with E-state index >= 15 is 0 Å². The highest BCUT2D eigenvalue weighted by atomic mass is 35.5. The largest absolute Gasteiger partial charge is 0.337 e. The summed E-state index contributed by atoms with van der Waals surface area (Å²) in [6, 6.07) is 6.70. The van der Waals surface area contributed by atoms with Crippen molar-refractivity contribution in [1.82, 2.24) is 19.8 Å². The fourth-order valence-corrected chi connectivity index (χ4v) is 5.12. The Labute approximate surface area is 172 Å². The fraction of sp³-hybridized carbons (Fsp3) is 0.545. The van der Waals surface area contributed by atoms with Crippen LogP contribution in [0.5, 0.6) is 0 Å². The van der Waals surface area contributed by atoms with Gasteiger partial charge in [-0.1, -0.05) is 6.07 Å². The van der Waals surface area contributed by atoms with Crippen LogP contribution in [0, 0.1) is 5.41 Å². The number of hydrogen-bond acceptors (Lipinski definition) is 3. The van der Waals surface area contributed by atoms with Gasteiger partial charge in [-0.05, 0) is 80.3 Å². The molecule has 1 atom stereocenters. The number of nitrogens with one attached hydrogen (secondary N) is 1. The van der Waals surface area contributed by atoms with E-state index < -0.39 is 0 Å². The first-order chi connectivity index (χ1) is 13.2. The van der Waals surface area contributed by atoms with Crippen molar-refractivity contribution in [3.63, 3.8) is 0 Å². The number of aromatic nitrogens is 2. The fourth-order valence-electron chi connectivity index (χ4n) is 5.12. The Bertz CT molecular complexity index is 871. The van der Waals surface area contributed by atoms with Gasteiger partial charge in [0, 0.05) is 31.0 Å². The molecule has 150 valence electrons. The van der Waals surface area contributed by atoms with Gasteiger partial charge in [0.05, 0.1) is 6.54 Å². The SMILES string of the molecule is Cl.Cn1ccnc1CN(C(=O)c1ccc2c(c1)CCC2)C1CC12CCNCC2. The third-order valence-corrected chi connectivity index (χ3v) is 6.96. The summed E-state index contributed by atoms with van der Waals surface area (Å²) in [4.78, 5) is 20.2. The predicted octanol–water partition coefficient (Wildman–Crippen LogP) is 3.12. The molecule has 2 aromatic rings. The molecule has 1 spiro atoms. The number of halogens is 1. The van der Waals surface area contributed by atoms with E-state index in [1.165, 1.54) is 30.4 Å². The van der Waals surface area contributed by atoms with Crippen LogP contribution < -0.4 is 5.32 Å². The van der Waals surface area contributed by atoms with Crippen LogP contribution in [0.2, 0.25) is 0 Å². The molecule has 0 bridgehead atoms. The van der Waals surface area contributed by atoms with Crippen molar-refractivity contribution < 1.29 is 4.79 Å². The van der Waals surface area contributed by atoms with Gasteiger partial charge in [0.1, 0.15) is 5.82 Å². The minimum Gasteiger partial charge on any atom is -0.337 e. The number of rotatable bonds is 4. The molecule has 28 heavy (non-hydrogen) atoms. The molecule has 1 aliphatic heterocycles. The summed E-state index contributed by atoms with van der Waals surface area (Å²) >= 11 is 0. The smallest absolute Gasteiger partial charge is 0.254 e. The summed E-state index contributed by atoms with van der Waals surface area (Å²) in [6.07, 6.45) is 10.7. The maximum Gasteiger partial charge on any atom is 0.254 e. The molecule has 1 saturated heterocycles. The minimum absolute atomic E-state index is 0. The molecule has 2 fully saturated rings. The first kappa shape index (κ1) is 19.5. The minimum atomic E-state index is 0. The van der Waals surface area contributed by atoms with Crippen molar-refractivity contribution in [2.45, 2.75) is 51.1 Å². The van der Waals surface area contributed by atoms with Crippen LogP contribution in [0.1, 0.15) is 53.0 Å². The topological polar surface area (TPSA) is 50.2 Å². The quantitative estimate of drug-likeness (QED) is 0.857. The molecule has 1 amide bonds. The van der Waals surface area contributed by atoms with E-state index in [-0.39, 0.29) is 18.3 Å². The van der Waals surface area contributed by atoms with Crippen LogP contribution in [0.15, 0.2) is 30.6 Å². The number of nitrogens with zero attached hydrogens (tertiary/aromatic N) is 3. The van der Waals surface area contributed by atoms with Crippen LogP contribution in [-0.2, 0) is 26.4 Å². The molecule has 3 aliphatic rings. The van der Waals surface area contributed by atoms with Gasteiger partial charge in [0.2, 0.25) is 0 Å². The molecule has 2 heterocycles. The molecule has 1 aromatic carbocycles. The lowest BCUT2D eigenvalue weighted by molar-refractivity contribution is 0.0685. The second-order valence-corrected chi connectivity index (χ2v) is 8.56. The van der Waals surface area contributed by atoms with Crippen molar-refractivity contribution in [2.75, 3.05) is 13.1 Å². The second-order valence-electron chi connectivity index (χ2n) is 8.56. The molecule has 5 nitrogen and oxygen atoms in total. The second kappa shape index (κ2) is 7.53. The van der Waals surface area contributed by atoms with Gasteiger partial charge in [0.25, 0.3) is 5.91 Å². The zero-order valence-electron chi connectivity index (χ0n) is 16.5. The standard InChI is InChI=1S/C22H28N4O.ClH/c1-25-12-11-24-20(25)15-26(19-14-22(19)7-9-23-10-8-22)21(27)18-6-5-16-3-2-4-17(16)13-18;/h5-6,11-13,19,23H,2-4,7-10,14-15H2,1H3;1H. The molecule has 1 N–H and O–H groups in total. The summed E-state index contributed by atoms with van der Waals surface area (Å²) in [7, 11) is 2.01. The number of aryl methyl sites for hydroxylation is 3. The van der Waals surface area contributed by atoms with Crippen LogP contribution in [-0.4, -0.2) is 39.5 Å². The molecular weight excluding hydrogens is 372 g/mol. The Kier molecular flexibility index (Phi) is 5.23. The van der Waals surface area contributed by atoms with E-state index in [4.69, 9.17) is 0 Å². The van der Waals surface area contributed by atoms with Crippen molar-refractivity contribution in [1.29, 1.82) is 0 Å². The van der Waals surface area contributed by atoms with Gasteiger partial charge < -0.3 is 14.8 Å². The van der Waals surface area contributed by atoms with Gasteiger partial charge >= 0.3 is 0 Å². The molecular formula is C22H29ClN4O. The van der Waals surface area contributed by atoms with Gasteiger partial charge in [-0.3, -0.25) is 4.79 Å². The summed E-state index contributed by atoms with van der Waals surface area (Å²) in [5.74, 6) is 1.13. The monoisotopic (exact) mass is 400 g/mol. The molecule has 1 aromatic heterocycles. The van der Waals surface area contributed by atoms with E-state index in [2.05, 4.69) is 27.3 Å². The van der Waals surface area contributed by atoms with Gasteiger partial charge in [-0.25, -0.2) is 4.98 Å². The number of hydrogen-bond donors (Lipinski definition) is 1. The number of imidazole rings is 1. The molecule has 6 heteroatoms. The normalized spacial score (nSPS) is 21.8. The number of fused-ring (bicyclic) bond motifs is 1. The van der Waals surface area contributed by atoms with Crippen LogP contribution in [0.3, 0.4) is 0 Å². The third kappa shape index (κ3) is 3.35. The lowest BCUT2D eigenvalue weighted by Crippen LogP contribution is -2.39. The summed E-state index contributed by atoms with van der Waals surface area (Å²) in [6.45, 7) is 2.73. The van der Waals surface area contributed by atoms with Crippen molar-refractivity contribution in [3.8, 4) is 0 Å². The zero-order valence-corrected chi connectivity index (χ0v) is 17.3. The summed E-state index contributed by atoms with van der Waals surface area (Å²) < 4.78 is 2.03. The van der Waals surface area contributed by atoms with Crippen LogP contribution >= 0.6 is 12.4 Å². The molecule has 1 unspecified atom stereocenters. The van der Waals surface area contributed by atoms with Crippen molar-refractivity contribution >= 4 is 18.3 Å². The maximum absolute atomic E-state index is 13.6. The van der Waals surface area contributed by atoms with Gasteiger partial charge in [-0.15, -0.1) is 12.4 Å². The van der Waals surface area contributed by atoms with Crippen LogP contribution in [0.25, 0.3) is 0 Å². The van der Waals surface area contributed by atoms with Gasteiger partial charge in [0.15, 0.2) is 0 Å². The van der Waals surface area contributed by atoms with Crippen LogP contribution in [0.4, 0.5) is 0 Å². The Morgan fingerprint density at radius 2 is 2.07 bits per heavy atom. The third-order valence-electron chi connectivity index (χ3n) is 6.96. The number of benzene rings is 1. The lowest BCUT2D eigenvalue weighted by atomic mass is 9.93. The number of carbonyl (C=O) groups excluding carboxylic acids is 1. The Balaban J connectivity index is 0.00000192. The summed E-state index contributed by atoms with van der Waals surface area (Å²) in [5.41, 5.74) is 3.96. The first-order valence-electron chi connectivity index (χ1n) is 10.3. The number of carbonyl (C=O) groups is 1. The highest BCUT2D eigenvalue weighted by molar-refractivity contribution is 5.95. The van der Waals surface area contributed by atoms with E-state index in [1.807, 2.05) is 30.1 Å². The molecule has 0 radical (unpaired) electrons. The Morgan fingerprint density at radius 1 is 1.29 bits per heavy atom. The van der Waals surface area contributed by atoms with E-state index in [9.17, 15) is 4.79 Å². The molecule has 1 saturated carbocycles. The average molecular weight is 401 g/mol. The average Bonchev–Trinajstić information content (AvgIpc) is 3.02. The molecule has 5 rings (SSSR count). The summed E-state index contributed by atoms with van der Waals surface area (Å²) in [5, 5.41) is 3.46. The van der Waals surface area contributed by atoms with E-state index in [1.54, 1.807) is 0 Å². The number of piperidine rings is 1. The molecule has 2 aliphatic carbocycles. The Morgan fingerprint density at radius 3 is 2.82 bits per heavy atom. The highest BCUT2D eigenvalue weighted by Crippen LogP contribution is 2.56. The maximum atomic E-state index is 13.6. The van der Waals surface area contributed by atoms with E-state index in [0.29, 0.717) is 18.0 Å². The van der Waals surface area contributed by atoms with Crippen molar-refractivity contribution in [2.24, 2.45) is 12.5 Å². The van der Waals surface area contributed by atoms with E-state index in [0.717, 1.165) is 43.7 Å². The Hall–Kier alpha value is -1.85. The predicted molar refractivity (Wildman–Crippen MR) is 112 cm³/mol. The number of amides is 1. The lowest BCUT2D eigenvalue weighted by Gasteiger charge is -2.29. The zero-order chi connectivity index (χ0) is 18.4. The first-order valence-corrected chi connectivity index (χ1v) is 10.3. The van der Waals surface area contributed by atoms with Crippen molar-refractivity contribution in [3.05, 3.63) is 53.1 Å². The highest BCUT2D eigenvalue weighted by Gasteiger charge is 2.58. The van der Waals surface area contributed by atoms with Gasteiger partial charge in [-0.2, -0.15) is 0 Å².